The SMILES string of the molecule is COC(=O)NC(CC(C#N)c1ccccc1)=NO. The highest BCUT2D eigenvalue weighted by molar-refractivity contribution is 5.95. The van der Waals surface area contributed by atoms with Crippen molar-refractivity contribution in [2.24, 2.45) is 5.16 Å². The summed E-state index contributed by atoms with van der Waals surface area (Å²) in [5.74, 6) is -0.522. The predicted octanol–water partition coefficient (Wildman–Crippen LogP) is 1.83. The van der Waals surface area contributed by atoms with Crippen molar-refractivity contribution >= 4 is 11.9 Å². The lowest BCUT2D eigenvalue weighted by Gasteiger charge is -2.10. The summed E-state index contributed by atoms with van der Waals surface area (Å²) in [6, 6.07) is 11.1. The Bertz CT molecular complexity index is 465. The molecule has 1 unspecified atom stereocenters. The van der Waals surface area contributed by atoms with Gasteiger partial charge in [-0.15, -0.1) is 0 Å². The Balaban J connectivity index is 2.74. The summed E-state index contributed by atoms with van der Waals surface area (Å²) >= 11 is 0. The number of oxime groups is 1. The first kappa shape index (κ1) is 13.5. The molecule has 1 atom stereocenters. The molecule has 0 spiro atoms. The van der Waals surface area contributed by atoms with Gasteiger partial charge in [-0.05, 0) is 5.56 Å². The Labute approximate surface area is 104 Å². The van der Waals surface area contributed by atoms with Crippen molar-refractivity contribution in [3.05, 3.63) is 35.9 Å². The van der Waals surface area contributed by atoms with Crippen molar-refractivity contribution in [2.45, 2.75) is 12.3 Å². The van der Waals surface area contributed by atoms with Crippen LogP contribution in [0.3, 0.4) is 0 Å². The molecule has 0 radical (unpaired) electrons. The van der Waals surface area contributed by atoms with E-state index in [-0.39, 0.29) is 12.3 Å². The van der Waals surface area contributed by atoms with E-state index in [2.05, 4.69) is 21.3 Å². The van der Waals surface area contributed by atoms with Crippen LogP contribution >= 0.6 is 0 Å². The second kappa shape index (κ2) is 6.91. The number of carbonyl (C=O) groups excluding carboxylic acids is 1. The summed E-state index contributed by atoms with van der Waals surface area (Å²) in [6.45, 7) is 0. The Hall–Kier alpha value is -2.55. The van der Waals surface area contributed by atoms with E-state index in [1.807, 2.05) is 18.2 Å². The number of nitrogens with one attached hydrogen (secondary N) is 1. The summed E-state index contributed by atoms with van der Waals surface area (Å²) in [4.78, 5) is 11.0. The van der Waals surface area contributed by atoms with Gasteiger partial charge in [0, 0.05) is 6.42 Å². The molecule has 0 aliphatic rings. The third-order valence-corrected chi connectivity index (χ3v) is 2.31. The predicted molar refractivity (Wildman–Crippen MR) is 64.2 cm³/mol. The van der Waals surface area contributed by atoms with Crippen molar-refractivity contribution in [3.63, 3.8) is 0 Å². The molecular formula is C12H13N3O3. The van der Waals surface area contributed by atoms with Crippen LogP contribution in [0.1, 0.15) is 17.9 Å². The normalized spacial score (nSPS) is 12.3. The average Bonchev–Trinajstić information content (AvgIpc) is 2.43. The Morgan fingerprint density at radius 2 is 2.22 bits per heavy atom. The van der Waals surface area contributed by atoms with Crippen LogP contribution in [0.2, 0.25) is 0 Å². The topological polar surface area (TPSA) is 94.7 Å². The first-order chi connectivity index (χ1) is 8.71. The van der Waals surface area contributed by atoms with Crippen LogP contribution in [0.4, 0.5) is 4.79 Å². The van der Waals surface area contributed by atoms with Crippen LogP contribution in [0, 0.1) is 11.3 Å². The number of rotatable bonds is 3. The summed E-state index contributed by atoms with van der Waals surface area (Å²) in [7, 11) is 1.20. The molecule has 0 aliphatic heterocycles. The average molecular weight is 247 g/mol. The van der Waals surface area contributed by atoms with Crippen LogP contribution < -0.4 is 5.32 Å². The summed E-state index contributed by atoms with van der Waals surface area (Å²) in [5, 5.41) is 23.0. The number of carbonyl (C=O) groups is 1. The van der Waals surface area contributed by atoms with E-state index in [1.165, 1.54) is 7.11 Å². The molecule has 0 bridgehead atoms. The second-order valence-corrected chi connectivity index (χ2v) is 3.46. The standard InChI is InChI=1S/C12H13N3O3/c1-18-12(16)14-11(15-17)7-10(8-13)9-5-3-2-4-6-9/h2-6,10,17H,7H2,1H3,(H,14,15,16). The number of hydrogen-bond donors (Lipinski definition) is 2. The van der Waals surface area contributed by atoms with Crippen molar-refractivity contribution in [2.75, 3.05) is 7.11 Å². The first-order valence-corrected chi connectivity index (χ1v) is 5.21. The minimum Gasteiger partial charge on any atom is -0.453 e. The van der Waals surface area contributed by atoms with Crippen LogP contribution in [0.25, 0.3) is 0 Å². The molecule has 18 heavy (non-hydrogen) atoms. The molecule has 1 aromatic rings. The van der Waals surface area contributed by atoms with E-state index < -0.39 is 12.0 Å². The Morgan fingerprint density at radius 1 is 1.56 bits per heavy atom. The van der Waals surface area contributed by atoms with E-state index in [0.717, 1.165) is 5.56 Å². The number of hydrogen-bond acceptors (Lipinski definition) is 5. The number of ether oxygens (including phenoxy) is 1. The molecule has 94 valence electrons. The molecule has 2 N–H and O–H groups in total. The number of amides is 1. The fourth-order valence-electron chi connectivity index (χ4n) is 1.40. The maximum absolute atomic E-state index is 11.0. The Morgan fingerprint density at radius 3 is 2.72 bits per heavy atom. The molecule has 6 nitrogen and oxygen atoms in total. The maximum Gasteiger partial charge on any atom is 0.412 e. The van der Waals surface area contributed by atoms with Crippen LogP contribution in [0.15, 0.2) is 35.5 Å². The van der Waals surface area contributed by atoms with E-state index >= 15 is 0 Å². The maximum atomic E-state index is 11.0. The number of alkyl carbamates (subject to hydrolysis) is 1. The molecule has 0 fully saturated rings. The summed E-state index contributed by atoms with van der Waals surface area (Å²) in [6.07, 6.45) is -0.654. The van der Waals surface area contributed by atoms with Gasteiger partial charge in [0.25, 0.3) is 0 Å². The molecule has 1 rings (SSSR count). The molecule has 0 heterocycles. The van der Waals surface area contributed by atoms with Gasteiger partial charge in [-0.3, -0.25) is 5.32 Å². The minimum absolute atomic E-state index is 0.0164. The van der Waals surface area contributed by atoms with E-state index in [1.54, 1.807) is 12.1 Å². The molecule has 0 aliphatic carbocycles. The molecule has 0 saturated heterocycles. The number of nitriles is 1. The van der Waals surface area contributed by atoms with Gasteiger partial charge in [-0.25, -0.2) is 4.79 Å². The zero-order valence-corrected chi connectivity index (χ0v) is 9.83. The molecule has 6 heteroatoms. The lowest BCUT2D eigenvalue weighted by molar-refractivity contribution is 0.176. The summed E-state index contributed by atoms with van der Waals surface area (Å²) < 4.78 is 4.38. The van der Waals surface area contributed by atoms with Crippen molar-refractivity contribution in [1.82, 2.24) is 5.32 Å². The van der Waals surface area contributed by atoms with Crippen molar-refractivity contribution in [3.8, 4) is 6.07 Å². The van der Waals surface area contributed by atoms with Gasteiger partial charge in [0.05, 0.1) is 19.1 Å². The number of benzene rings is 1. The second-order valence-electron chi connectivity index (χ2n) is 3.46. The first-order valence-electron chi connectivity index (χ1n) is 5.21. The van der Waals surface area contributed by atoms with Gasteiger partial charge in [-0.2, -0.15) is 5.26 Å². The van der Waals surface area contributed by atoms with Crippen LogP contribution in [-0.4, -0.2) is 24.2 Å². The van der Waals surface area contributed by atoms with E-state index in [4.69, 9.17) is 10.5 Å². The highest BCUT2D eigenvalue weighted by atomic mass is 16.5. The smallest absolute Gasteiger partial charge is 0.412 e. The van der Waals surface area contributed by atoms with Gasteiger partial charge >= 0.3 is 6.09 Å². The number of amidine groups is 1. The van der Waals surface area contributed by atoms with Crippen molar-refractivity contribution < 1.29 is 14.7 Å². The van der Waals surface area contributed by atoms with Gasteiger partial charge in [0.1, 0.15) is 0 Å². The number of nitrogens with zero attached hydrogens (tertiary/aromatic N) is 2. The van der Waals surface area contributed by atoms with Crippen LogP contribution in [-0.2, 0) is 4.74 Å². The lowest BCUT2D eigenvalue weighted by atomic mass is 9.97. The summed E-state index contributed by atoms with van der Waals surface area (Å²) in [5.41, 5.74) is 0.785. The highest BCUT2D eigenvalue weighted by Crippen LogP contribution is 2.18. The third-order valence-electron chi connectivity index (χ3n) is 2.31. The lowest BCUT2D eigenvalue weighted by Crippen LogP contribution is -2.31. The van der Waals surface area contributed by atoms with Gasteiger partial charge in [0.2, 0.25) is 0 Å². The highest BCUT2D eigenvalue weighted by Gasteiger charge is 2.16. The quantitative estimate of drug-likeness (QED) is 0.368. The molecule has 1 aromatic carbocycles. The molecule has 1 amide bonds. The molecule has 0 aromatic heterocycles. The van der Waals surface area contributed by atoms with Crippen LogP contribution in [0.5, 0.6) is 0 Å². The van der Waals surface area contributed by atoms with Gasteiger partial charge in [-0.1, -0.05) is 35.5 Å². The fraction of sp³-hybridized carbons (Fsp3) is 0.250. The zero-order chi connectivity index (χ0) is 13.4. The largest absolute Gasteiger partial charge is 0.453 e. The minimum atomic E-state index is -0.743. The van der Waals surface area contributed by atoms with Gasteiger partial charge in [0.15, 0.2) is 5.84 Å². The monoisotopic (exact) mass is 247 g/mol. The molecule has 0 saturated carbocycles. The van der Waals surface area contributed by atoms with E-state index in [0.29, 0.717) is 0 Å². The third kappa shape index (κ3) is 3.79. The van der Waals surface area contributed by atoms with Gasteiger partial charge < -0.3 is 9.94 Å². The fourth-order valence-corrected chi connectivity index (χ4v) is 1.40. The Kier molecular flexibility index (Phi) is 5.19. The van der Waals surface area contributed by atoms with Crippen molar-refractivity contribution in [1.29, 1.82) is 5.26 Å². The molecular weight excluding hydrogens is 234 g/mol. The van der Waals surface area contributed by atoms with E-state index in [9.17, 15) is 4.79 Å². The zero-order valence-electron chi connectivity index (χ0n) is 9.83. The number of methoxy groups -OCH3 is 1.